The number of hydrogen-bond donors (Lipinski definition) is 1. The maximum atomic E-state index is 5.20. The minimum absolute atomic E-state index is 0.773. The van der Waals surface area contributed by atoms with Crippen LogP contribution in [-0.2, 0) is 0 Å². The number of aryl methyl sites for hydroxylation is 1. The van der Waals surface area contributed by atoms with Crippen molar-refractivity contribution < 1.29 is 4.74 Å². The zero-order chi connectivity index (χ0) is 12.5. The Morgan fingerprint density at radius 2 is 2.00 bits per heavy atom. The second-order valence-electron chi connectivity index (χ2n) is 4.35. The molecule has 90 valence electrons. The molecule has 2 heterocycles. The summed E-state index contributed by atoms with van der Waals surface area (Å²) in [4.78, 5) is 7.46. The van der Waals surface area contributed by atoms with E-state index in [0.717, 1.165) is 22.4 Å². The van der Waals surface area contributed by atoms with Crippen LogP contribution in [0.4, 0.5) is 0 Å². The average molecular weight is 238 g/mol. The molecule has 0 radical (unpaired) electrons. The molecule has 0 atom stereocenters. The minimum Gasteiger partial charge on any atom is -0.495 e. The Morgan fingerprint density at radius 3 is 2.83 bits per heavy atom. The van der Waals surface area contributed by atoms with E-state index >= 15 is 0 Å². The number of hydrogen-bond acceptors (Lipinski definition) is 2. The van der Waals surface area contributed by atoms with E-state index in [-0.39, 0.29) is 0 Å². The van der Waals surface area contributed by atoms with Gasteiger partial charge in [-0.25, -0.2) is 0 Å². The molecule has 2 aromatic heterocycles. The maximum absolute atomic E-state index is 5.20. The van der Waals surface area contributed by atoms with Gasteiger partial charge in [0.2, 0.25) is 0 Å². The van der Waals surface area contributed by atoms with Crippen LogP contribution < -0.4 is 4.74 Å². The molecule has 0 aliphatic rings. The highest BCUT2D eigenvalue weighted by Crippen LogP contribution is 2.27. The number of nitrogens with zero attached hydrogens (tertiary/aromatic N) is 1. The molecule has 0 aliphatic carbocycles. The van der Waals surface area contributed by atoms with Gasteiger partial charge in [-0.1, -0.05) is 12.1 Å². The van der Waals surface area contributed by atoms with E-state index in [1.54, 1.807) is 13.3 Å². The van der Waals surface area contributed by atoms with Crippen molar-refractivity contribution in [2.24, 2.45) is 0 Å². The number of nitrogens with one attached hydrogen (secondary N) is 1. The fraction of sp³-hybridized carbons (Fsp3) is 0.133. The van der Waals surface area contributed by atoms with Gasteiger partial charge < -0.3 is 9.72 Å². The number of benzene rings is 1. The monoisotopic (exact) mass is 238 g/mol. The number of aromatic amines is 1. The van der Waals surface area contributed by atoms with Crippen LogP contribution in [0.15, 0.2) is 42.9 Å². The number of H-pyrrole nitrogens is 1. The summed E-state index contributed by atoms with van der Waals surface area (Å²) in [5.41, 5.74) is 4.60. The number of rotatable bonds is 2. The summed E-state index contributed by atoms with van der Waals surface area (Å²) in [7, 11) is 1.65. The molecule has 3 rings (SSSR count). The van der Waals surface area contributed by atoms with Crippen LogP contribution in [-0.4, -0.2) is 17.1 Å². The van der Waals surface area contributed by atoms with Crippen molar-refractivity contribution in [3.63, 3.8) is 0 Å². The predicted molar refractivity (Wildman–Crippen MR) is 72.8 cm³/mol. The Balaban J connectivity index is 2.13. The highest BCUT2D eigenvalue weighted by molar-refractivity contribution is 5.87. The van der Waals surface area contributed by atoms with Gasteiger partial charge >= 0.3 is 0 Å². The molecule has 0 saturated heterocycles. The van der Waals surface area contributed by atoms with E-state index in [9.17, 15) is 0 Å². The molecule has 0 unspecified atom stereocenters. The molecule has 3 heteroatoms. The van der Waals surface area contributed by atoms with Crippen LogP contribution in [0.3, 0.4) is 0 Å². The van der Waals surface area contributed by atoms with Crippen molar-refractivity contribution in [2.45, 2.75) is 6.92 Å². The SMILES string of the molecule is COc1cncc(-c2ccc3c(C)c[nH]c3c2)c1. The summed E-state index contributed by atoms with van der Waals surface area (Å²) in [6.45, 7) is 2.10. The summed E-state index contributed by atoms with van der Waals surface area (Å²) in [6, 6.07) is 8.37. The molecule has 0 amide bonds. The largest absolute Gasteiger partial charge is 0.495 e. The lowest BCUT2D eigenvalue weighted by atomic mass is 10.1. The minimum atomic E-state index is 0.773. The van der Waals surface area contributed by atoms with E-state index in [1.165, 1.54) is 10.9 Å². The first-order valence-electron chi connectivity index (χ1n) is 5.85. The van der Waals surface area contributed by atoms with Gasteiger partial charge in [0.15, 0.2) is 0 Å². The van der Waals surface area contributed by atoms with Crippen LogP contribution in [0.2, 0.25) is 0 Å². The fourth-order valence-electron chi connectivity index (χ4n) is 2.14. The quantitative estimate of drug-likeness (QED) is 0.741. The Hall–Kier alpha value is -2.29. The molecule has 18 heavy (non-hydrogen) atoms. The van der Waals surface area contributed by atoms with Crippen LogP contribution in [0.25, 0.3) is 22.0 Å². The molecular formula is C15H14N2O. The van der Waals surface area contributed by atoms with E-state index < -0.39 is 0 Å². The highest BCUT2D eigenvalue weighted by Gasteiger charge is 2.04. The topological polar surface area (TPSA) is 37.9 Å². The van der Waals surface area contributed by atoms with Crippen molar-refractivity contribution in [3.8, 4) is 16.9 Å². The summed E-state index contributed by atoms with van der Waals surface area (Å²) >= 11 is 0. The zero-order valence-electron chi connectivity index (χ0n) is 10.4. The van der Waals surface area contributed by atoms with Crippen molar-refractivity contribution in [2.75, 3.05) is 7.11 Å². The second kappa shape index (κ2) is 4.18. The van der Waals surface area contributed by atoms with Gasteiger partial charge in [0, 0.05) is 28.9 Å². The van der Waals surface area contributed by atoms with Crippen molar-refractivity contribution >= 4 is 10.9 Å². The third-order valence-corrected chi connectivity index (χ3v) is 3.17. The van der Waals surface area contributed by atoms with Crippen LogP contribution in [0.1, 0.15) is 5.56 Å². The molecule has 0 bridgehead atoms. The molecule has 3 nitrogen and oxygen atoms in total. The zero-order valence-corrected chi connectivity index (χ0v) is 10.4. The standard InChI is InChI=1S/C15H14N2O/c1-10-7-17-15-6-11(3-4-14(10)15)12-5-13(18-2)9-16-8-12/h3-9,17H,1-2H3. The van der Waals surface area contributed by atoms with Gasteiger partial charge in [-0.2, -0.15) is 0 Å². The number of pyridine rings is 1. The van der Waals surface area contributed by atoms with E-state index in [2.05, 4.69) is 35.1 Å². The van der Waals surface area contributed by atoms with Gasteiger partial charge in [-0.3, -0.25) is 4.98 Å². The summed E-state index contributed by atoms with van der Waals surface area (Å²) in [5, 5.41) is 1.26. The molecule has 0 saturated carbocycles. The third-order valence-electron chi connectivity index (χ3n) is 3.17. The van der Waals surface area contributed by atoms with Crippen molar-refractivity contribution in [3.05, 3.63) is 48.4 Å². The maximum Gasteiger partial charge on any atom is 0.137 e. The van der Waals surface area contributed by atoms with Gasteiger partial charge in [0.05, 0.1) is 13.3 Å². The lowest BCUT2D eigenvalue weighted by Gasteiger charge is -2.04. The van der Waals surface area contributed by atoms with Crippen LogP contribution in [0.5, 0.6) is 5.75 Å². The predicted octanol–water partition coefficient (Wildman–Crippen LogP) is 3.55. The molecular weight excluding hydrogens is 224 g/mol. The van der Waals surface area contributed by atoms with Crippen LogP contribution >= 0.6 is 0 Å². The highest BCUT2D eigenvalue weighted by atomic mass is 16.5. The smallest absolute Gasteiger partial charge is 0.137 e. The average Bonchev–Trinajstić information content (AvgIpc) is 2.80. The van der Waals surface area contributed by atoms with Crippen molar-refractivity contribution in [1.29, 1.82) is 0 Å². The lowest BCUT2D eigenvalue weighted by Crippen LogP contribution is -1.86. The Kier molecular flexibility index (Phi) is 2.52. The first-order chi connectivity index (χ1) is 8.78. The number of ether oxygens (including phenoxy) is 1. The number of aromatic nitrogens is 2. The summed E-state index contributed by atoms with van der Waals surface area (Å²) in [5.74, 6) is 0.773. The summed E-state index contributed by atoms with van der Waals surface area (Å²) < 4.78 is 5.20. The molecule has 3 aromatic rings. The van der Waals surface area contributed by atoms with Gasteiger partial charge in [0.25, 0.3) is 0 Å². The third kappa shape index (κ3) is 1.74. The number of methoxy groups -OCH3 is 1. The van der Waals surface area contributed by atoms with E-state index in [4.69, 9.17) is 4.74 Å². The van der Waals surface area contributed by atoms with Crippen LogP contribution in [0, 0.1) is 6.92 Å². The Bertz CT molecular complexity index is 701. The number of fused-ring (bicyclic) bond motifs is 1. The van der Waals surface area contributed by atoms with E-state index in [1.807, 2.05) is 18.5 Å². The van der Waals surface area contributed by atoms with E-state index in [0.29, 0.717) is 0 Å². The van der Waals surface area contributed by atoms with Gasteiger partial charge in [0.1, 0.15) is 5.75 Å². The fourth-order valence-corrected chi connectivity index (χ4v) is 2.14. The van der Waals surface area contributed by atoms with Gasteiger partial charge in [-0.05, 0) is 30.2 Å². The normalized spacial score (nSPS) is 10.8. The first-order valence-corrected chi connectivity index (χ1v) is 5.85. The second-order valence-corrected chi connectivity index (χ2v) is 4.35. The van der Waals surface area contributed by atoms with Gasteiger partial charge in [-0.15, -0.1) is 0 Å². The molecule has 0 spiro atoms. The summed E-state index contributed by atoms with van der Waals surface area (Å²) in [6.07, 6.45) is 5.58. The molecule has 0 aliphatic heterocycles. The molecule has 1 aromatic carbocycles. The lowest BCUT2D eigenvalue weighted by molar-refractivity contribution is 0.413. The first kappa shape index (κ1) is 10.8. The Labute approximate surface area is 105 Å². The Morgan fingerprint density at radius 1 is 1.11 bits per heavy atom. The molecule has 1 N–H and O–H groups in total. The molecule has 0 fully saturated rings. The van der Waals surface area contributed by atoms with Crippen molar-refractivity contribution in [1.82, 2.24) is 9.97 Å².